The first kappa shape index (κ1) is 22.1. The van der Waals surface area contributed by atoms with E-state index in [-0.39, 0.29) is 12.1 Å². The molecular formula is C22H24FNO5. The summed E-state index contributed by atoms with van der Waals surface area (Å²) in [5, 5.41) is 2.45. The second kappa shape index (κ2) is 10.9. The summed E-state index contributed by atoms with van der Waals surface area (Å²) in [6.07, 6.45) is 0.932. The van der Waals surface area contributed by atoms with Gasteiger partial charge in [-0.3, -0.25) is 14.4 Å². The molecule has 0 fully saturated rings. The molecule has 7 heteroatoms. The smallest absolute Gasteiger partial charge is 0.326 e. The molecule has 0 aliphatic rings. The Kier molecular flexibility index (Phi) is 8.33. The van der Waals surface area contributed by atoms with E-state index in [1.54, 1.807) is 24.3 Å². The van der Waals surface area contributed by atoms with Crippen molar-refractivity contribution in [1.29, 1.82) is 0 Å². The molecule has 0 radical (unpaired) electrons. The molecule has 0 aliphatic heterocycles. The molecule has 0 unspecified atom stereocenters. The number of ether oxygens (including phenoxy) is 2. The van der Waals surface area contributed by atoms with Crippen molar-refractivity contribution in [2.45, 2.75) is 32.8 Å². The Hall–Kier alpha value is -3.22. The van der Waals surface area contributed by atoms with Crippen molar-refractivity contribution in [3.05, 3.63) is 65.5 Å². The van der Waals surface area contributed by atoms with E-state index >= 15 is 0 Å². The normalized spacial score (nSPS) is 11.4. The summed E-state index contributed by atoms with van der Waals surface area (Å²) in [5.41, 5.74) is 0.605. The molecule has 0 saturated heterocycles. The number of hydrogen-bond acceptors (Lipinski definition) is 5. The van der Waals surface area contributed by atoms with Crippen molar-refractivity contribution < 1.29 is 28.2 Å². The minimum atomic E-state index is -1.05. The Morgan fingerprint density at radius 2 is 1.62 bits per heavy atom. The number of benzene rings is 2. The van der Waals surface area contributed by atoms with Gasteiger partial charge in [-0.25, -0.2) is 4.39 Å². The van der Waals surface area contributed by atoms with Gasteiger partial charge in [0.05, 0.1) is 6.61 Å². The molecule has 6 nitrogen and oxygen atoms in total. The Morgan fingerprint density at radius 3 is 2.24 bits per heavy atom. The van der Waals surface area contributed by atoms with E-state index in [9.17, 15) is 18.8 Å². The molecule has 0 spiro atoms. The van der Waals surface area contributed by atoms with E-state index in [1.807, 2.05) is 0 Å². The monoisotopic (exact) mass is 401 g/mol. The van der Waals surface area contributed by atoms with Crippen molar-refractivity contribution in [2.75, 3.05) is 13.2 Å². The topological polar surface area (TPSA) is 81.7 Å². The molecule has 0 heterocycles. The Morgan fingerprint density at radius 1 is 1.00 bits per heavy atom. The molecule has 0 bridgehead atoms. The molecule has 29 heavy (non-hydrogen) atoms. The van der Waals surface area contributed by atoms with Crippen LogP contribution in [0.4, 0.5) is 4.39 Å². The lowest BCUT2D eigenvalue weighted by Crippen LogP contribution is -2.34. The van der Waals surface area contributed by atoms with Gasteiger partial charge in [-0.1, -0.05) is 13.3 Å². The van der Waals surface area contributed by atoms with Crippen molar-refractivity contribution in [2.24, 2.45) is 0 Å². The third kappa shape index (κ3) is 7.03. The number of rotatable bonds is 10. The number of carbonyl (C=O) groups is 3. The van der Waals surface area contributed by atoms with Gasteiger partial charge in [-0.15, -0.1) is 0 Å². The highest BCUT2D eigenvalue weighted by molar-refractivity contribution is 6.00. The maximum Gasteiger partial charge on any atom is 0.326 e. The van der Waals surface area contributed by atoms with Gasteiger partial charge in [0.1, 0.15) is 18.1 Å². The summed E-state index contributed by atoms with van der Waals surface area (Å²) in [7, 11) is 0. The van der Waals surface area contributed by atoms with Gasteiger partial charge in [0.2, 0.25) is 5.78 Å². The van der Waals surface area contributed by atoms with E-state index in [0.717, 1.165) is 25.0 Å². The molecular weight excluding hydrogens is 377 g/mol. The van der Waals surface area contributed by atoms with Crippen molar-refractivity contribution in [3.63, 3.8) is 0 Å². The van der Waals surface area contributed by atoms with Crippen molar-refractivity contribution in [1.82, 2.24) is 5.32 Å². The first-order chi connectivity index (χ1) is 13.9. The van der Waals surface area contributed by atoms with Gasteiger partial charge < -0.3 is 14.8 Å². The number of amides is 1. The van der Waals surface area contributed by atoms with Crippen LogP contribution in [-0.4, -0.2) is 36.9 Å². The van der Waals surface area contributed by atoms with Crippen molar-refractivity contribution in [3.8, 4) is 5.75 Å². The maximum atomic E-state index is 12.9. The van der Waals surface area contributed by atoms with E-state index in [1.165, 1.54) is 19.1 Å². The van der Waals surface area contributed by atoms with E-state index in [4.69, 9.17) is 9.47 Å². The van der Waals surface area contributed by atoms with E-state index in [0.29, 0.717) is 17.9 Å². The first-order valence-electron chi connectivity index (χ1n) is 9.41. The minimum absolute atomic E-state index is 0.233. The number of esters is 1. The Labute approximate surface area is 169 Å². The molecule has 2 aromatic carbocycles. The maximum absolute atomic E-state index is 12.9. The largest absolute Gasteiger partial charge is 0.494 e. The average Bonchev–Trinajstić information content (AvgIpc) is 2.72. The molecule has 0 aromatic heterocycles. The Bertz CT molecular complexity index is 833. The van der Waals surface area contributed by atoms with Gasteiger partial charge in [0.25, 0.3) is 5.91 Å². The van der Waals surface area contributed by atoms with Gasteiger partial charge >= 0.3 is 5.97 Å². The van der Waals surface area contributed by atoms with Crippen LogP contribution in [0, 0.1) is 5.82 Å². The van der Waals surface area contributed by atoms with Crippen LogP contribution in [0.5, 0.6) is 5.75 Å². The number of unbranched alkanes of at least 4 members (excludes halogenated alkanes) is 1. The predicted octanol–water partition coefficient (Wildman–Crippen LogP) is 3.55. The van der Waals surface area contributed by atoms with Crippen LogP contribution in [-0.2, 0) is 9.53 Å². The molecule has 0 aliphatic carbocycles. The molecule has 1 amide bonds. The highest BCUT2D eigenvalue weighted by atomic mass is 19.1. The molecule has 2 aromatic rings. The quantitative estimate of drug-likeness (QED) is 0.374. The fraction of sp³-hybridized carbons (Fsp3) is 0.318. The minimum Gasteiger partial charge on any atom is -0.494 e. The van der Waals surface area contributed by atoms with Crippen LogP contribution in [0.1, 0.15) is 47.4 Å². The van der Waals surface area contributed by atoms with Gasteiger partial charge in [0, 0.05) is 11.1 Å². The highest BCUT2D eigenvalue weighted by Crippen LogP contribution is 2.13. The van der Waals surface area contributed by atoms with Crippen LogP contribution >= 0.6 is 0 Å². The summed E-state index contributed by atoms with van der Waals surface area (Å²) in [6, 6.07) is 11.5. The lowest BCUT2D eigenvalue weighted by molar-refractivity contribution is -0.145. The van der Waals surface area contributed by atoms with Crippen LogP contribution in [0.2, 0.25) is 0 Å². The first-order valence-corrected chi connectivity index (χ1v) is 9.41. The zero-order valence-electron chi connectivity index (χ0n) is 16.4. The van der Waals surface area contributed by atoms with Gasteiger partial charge in [-0.2, -0.15) is 0 Å². The lowest BCUT2D eigenvalue weighted by atomic mass is 10.1. The Balaban J connectivity index is 1.79. The van der Waals surface area contributed by atoms with E-state index < -0.39 is 29.6 Å². The summed E-state index contributed by atoms with van der Waals surface area (Å²) in [5.74, 6) is -1.44. The van der Waals surface area contributed by atoms with Gasteiger partial charge in [-0.05, 0) is 61.9 Å². The second-order valence-electron chi connectivity index (χ2n) is 6.41. The average molecular weight is 401 g/mol. The summed E-state index contributed by atoms with van der Waals surface area (Å²) >= 11 is 0. The zero-order chi connectivity index (χ0) is 21.2. The number of carbonyl (C=O) groups excluding carboxylic acids is 3. The standard InChI is InChI=1S/C22H24FNO5/c1-3-4-13-28-19-11-7-17(8-12-19)22(27)24-14-20(25)29-15(2)21(26)16-5-9-18(23)10-6-16/h5-12,15H,3-4,13-14H2,1-2H3,(H,24,27)/t15-/m0/s1. The van der Waals surface area contributed by atoms with Crippen LogP contribution in [0.3, 0.4) is 0 Å². The number of halogens is 1. The summed E-state index contributed by atoms with van der Waals surface area (Å²) in [6.45, 7) is 3.72. The summed E-state index contributed by atoms with van der Waals surface area (Å²) in [4.78, 5) is 36.2. The molecule has 0 saturated carbocycles. The predicted molar refractivity (Wildman–Crippen MR) is 105 cm³/mol. The van der Waals surface area contributed by atoms with Crippen LogP contribution < -0.4 is 10.1 Å². The third-order valence-electron chi connectivity index (χ3n) is 4.08. The lowest BCUT2D eigenvalue weighted by Gasteiger charge is -2.13. The molecule has 1 atom stereocenters. The van der Waals surface area contributed by atoms with Crippen LogP contribution in [0.15, 0.2) is 48.5 Å². The fourth-order valence-electron chi connectivity index (χ4n) is 2.43. The fourth-order valence-corrected chi connectivity index (χ4v) is 2.43. The highest BCUT2D eigenvalue weighted by Gasteiger charge is 2.20. The number of Topliss-reactive ketones (excluding diaryl/α,β-unsaturated/α-hetero) is 1. The summed E-state index contributed by atoms with van der Waals surface area (Å²) < 4.78 is 23.5. The number of hydrogen-bond donors (Lipinski definition) is 1. The number of ketones is 1. The number of nitrogens with one attached hydrogen (secondary N) is 1. The molecule has 2 rings (SSSR count). The van der Waals surface area contributed by atoms with Crippen LogP contribution in [0.25, 0.3) is 0 Å². The van der Waals surface area contributed by atoms with Crippen molar-refractivity contribution >= 4 is 17.7 Å². The molecule has 1 N–H and O–H groups in total. The third-order valence-corrected chi connectivity index (χ3v) is 4.08. The molecule has 154 valence electrons. The zero-order valence-corrected chi connectivity index (χ0v) is 16.4. The van der Waals surface area contributed by atoms with Gasteiger partial charge in [0.15, 0.2) is 6.10 Å². The van der Waals surface area contributed by atoms with E-state index in [2.05, 4.69) is 12.2 Å². The second-order valence-corrected chi connectivity index (χ2v) is 6.41. The SMILES string of the molecule is CCCCOc1ccc(C(=O)NCC(=O)O[C@@H](C)C(=O)c2ccc(F)cc2)cc1.